The van der Waals surface area contributed by atoms with Gasteiger partial charge in [0.1, 0.15) is 5.75 Å². The number of aliphatic hydroxyl groups excluding tert-OH is 1. The molecule has 0 amide bonds. The first-order valence-electron chi connectivity index (χ1n) is 7.74. The number of rotatable bonds is 5. The van der Waals surface area contributed by atoms with Crippen LogP contribution in [-0.4, -0.2) is 18.3 Å². The maximum atomic E-state index is 10.6. The molecule has 23 heavy (non-hydrogen) atoms. The number of hydrogen-bond donors (Lipinski definition) is 2. The van der Waals surface area contributed by atoms with Crippen LogP contribution in [0.5, 0.6) is 5.75 Å². The molecule has 2 atom stereocenters. The van der Waals surface area contributed by atoms with Crippen molar-refractivity contribution in [3.63, 3.8) is 0 Å². The molecule has 0 aromatic heterocycles. The van der Waals surface area contributed by atoms with Crippen LogP contribution in [0.1, 0.15) is 17.2 Å². The highest BCUT2D eigenvalue weighted by molar-refractivity contribution is 5.88. The molecular weight excluding hydrogens is 286 g/mol. The fourth-order valence-electron chi connectivity index (χ4n) is 2.97. The van der Waals surface area contributed by atoms with Gasteiger partial charge in [-0.15, -0.1) is 0 Å². The van der Waals surface area contributed by atoms with Gasteiger partial charge in [-0.1, -0.05) is 60.7 Å². The Labute approximate surface area is 136 Å². The second-order valence-corrected chi connectivity index (χ2v) is 5.69. The van der Waals surface area contributed by atoms with Gasteiger partial charge in [-0.3, -0.25) is 0 Å². The predicted octanol–water partition coefficient (Wildman–Crippen LogP) is 3.45. The molecule has 0 radical (unpaired) electrons. The van der Waals surface area contributed by atoms with Gasteiger partial charge in [0.25, 0.3) is 0 Å². The largest absolute Gasteiger partial charge is 0.496 e. The summed E-state index contributed by atoms with van der Waals surface area (Å²) in [5, 5.41) is 12.7. The van der Waals surface area contributed by atoms with Crippen molar-refractivity contribution in [3.8, 4) is 5.75 Å². The Kier molecular flexibility index (Phi) is 4.60. The van der Waals surface area contributed by atoms with Crippen molar-refractivity contribution < 1.29 is 9.84 Å². The van der Waals surface area contributed by atoms with Gasteiger partial charge in [-0.25, -0.2) is 0 Å². The second-order valence-electron chi connectivity index (χ2n) is 5.69. The highest BCUT2D eigenvalue weighted by Crippen LogP contribution is 2.34. The van der Waals surface area contributed by atoms with Crippen LogP contribution in [0.2, 0.25) is 0 Å². The SMILES string of the molecule is COc1ccc2ccccc2c1[C@@H](N)[C@@H](O)Cc1ccccc1. The van der Waals surface area contributed by atoms with Crippen LogP contribution < -0.4 is 10.5 Å². The summed E-state index contributed by atoms with van der Waals surface area (Å²) in [6.45, 7) is 0. The average molecular weight is 307 g/mol. The van der Waals surface area contributed by atoms with Crippen LogP contribution in [0.25, 0.3) is 10.8 Å². The van der Waals surface area contributed by atoms with Gasteiger partial charge in [-0.2, -0.15) is 0 Å². The third-order valence-electron chi connectivity index (χ3n) is 4.19. The van der Waals surface area contributed by atoms with Gasteiger partial charge in [0.05, 0.1) is 19.3 Å². The summed E-state index contributed by atoms with van der Waals surface area (Å²) in [7, 11) is 1.63. The Balaban J connectivity index is 1.97. The van der Waals surface area contributed by atoms with Gasteiger partial charge >= 0.3 is 0 Å². The highest BCUT2D eigenvalue weighted by atomic mass is 16.5. The first-order chi connectivity index (χ1) is 11.2. The topological polar surface area (TPSA) is 55.5 Å². The van der Waals surface area contributed by atoms with E-state index in [2.05, 4.69) is 0 Å². The highest BCUT2D eigenvalue weighted by Gasteiger charge is 2.23. The van der Waals surface area contributed by atoms with E-state index in [1.807, 2.05) is 66.7 Å². The van der Waals surface area contributed by atoms with E-state index in [0.29, 0.717) is 12.2 Å². The fourth-order valence-corrected chi connectivity index (χ4v) is 2.97. The molecule has 0 fully saturated rings. The Bertz CT molecular complexity index is 786. The van der Waals surface area contributed by atoms with E-state index in [1.54, 1.807) is 7.11 Å². The quantitative estimate of drug-likeness (QED) is 0.759. The van der Waals surface area contributed by atoms with E-state index in [0.717, 1.165) is 21.9 Å². The van der Waals surface area contributed by atoms with Crippen LogP contribution in [0, 0.1) is 0 Å². The Morgan fingerprint density at radius 3 is 2.39 bits per heavy atom. The molecule has 0 saturated heterocycles. The molecule has 0 heterocycles. The number of fused-ring (bicyclic) bond motifs is 1. The smallest absolute Gasteiger partial charge is 0.124 e. The van der Waals surface area contributed by atoms with Crippen LogP contribution in [0.15, 0.2) is 66.7 Å². The molecule has 3 nitrogen and oxygen atoms in total. The zero-order valence-corrected chi connectivity index (χ0v) is 13.1. The molecule has 3 N–H and O–H groups in total. The van der Waals surface area contributed by atoms with Crippen LogP contribution in [0.4, 0.5) is 0 Å². The third-order valence-corrected chi connectivity index (χ3v) is 4.19. The van der Waals surface area contributed by atoms with Gasteiger partial charge in [0, 0.05) is 12.0 Å². The predicted molar refractivity (Wildman–Crippen MR) is 93.6 cm³/mol. The normalized spacial score (nSPS) is 13.7. The van der Waals surface area contributed by atoms with E-state index in [1.165, 1.54) is 0 Å². The molecule has 3 rings (SSSR count). The van der Waals surface area contributed by atoms with Crippen LogP contribution in [0.3, 0.4) is 0 Å². The molecule has 0 unspecified atom stereocenters. The van der Waals surface area contributed by atoms with Crippen molar-refractivity contribution >= 4 is 10.8 Å². The molecule has 118 valence electrons. The lowest BCUT2D eigenvalue weighted by atomic mass is 9.92. The number of aliphatic hydroxyl groups is 1. The lowest BCUT2D eigenvalue weighted by molar-refractivity contribution is 0.144. The van der Waals surface area contributed by atoms with Gasteiger partial charge in [-0.05, 0) is 22.4 Å². The molecule has 0 aliphatic rings. The summed E-state index contributed by atoms with van der Waals surface area (Å²) >= 11 is 0. The minimum Gasteiger partial charge on any atom is -0.496 e. The molecule has 3 aromatic rings. The maximum Gasteiger partial charge on any atom is 0.124 e. The Morgan fingerprint density at radius 2 is 1.65 bits per heavy atom. The summed E-state index contributed by atoms with van der Waals surface area (Å²) in [6.07, 6.45) is -0.175. The summed E-state index contributed by atoms with van der Waals surface area (Å²) in [4.78, 5) is 0. The standard InChI is InChI=1S/C20H21NO2/c1-23-18-12-11-15-9-5-6-10-16(15)19(18)20(21)17(22)13-14-7-3-2-4-8-14/h2-12,17,20,22H,13,21H2,1H3/t17-,20-/m0/s1. The van der Waals surface area contributed by atoms with Crippen molar-refractivity contribution in [2.24, 2.45) is 5.73 Å². The first kappa shape index (κ1) is 15.5. The minimum absolute atomic E-state index is 0.508. The van der Waals surface area contributed by atoms with Crippen molar-refractivity contribution in [1.82, 2.24) is 0 Å². The molecule has 0 spiro atoms. The lowest BCUT2D eigenvalue weighted by Gasteiger charge is -2.23. The van der Waals surface area contributed by atoms with Crippen molar-refractivity contribution in [3.05, 3.63) is 77.9 Å². The number of nitrogens with two attached hydrogens (primary N) is 1. The van der Waals surface area contributed by atoms with Crippen molar-refractivity contribution in [2.45, 2.75) is 18.6 Å². The summed E-state index contributed by atoms with van der Waals surface area (Å²) in [5.41, 5.74) is 8.32. The monoisotopic (exact) mass is 307 g/mol. The van der Waals surface area contributed by atoms with E-state index in [9.17, 15) is 5.11 Å². The van der Waals surface area contributed by atoms with Crippen LogP contribution >= 0.6 is 0 Å². The number of ether oxygens (including phenoxy) is 1. The molecular formula is C20H21NO2. The van der Waals surface area contributed by atoms with E-state index in [-0.39, 0.29) is 0 Å². The zero-order chi connectivity index (χ0) is 16.2. The Hall–Kier alpha value is -2.36. The summed E-state index contributed by atoms with van der Waals surface area (Å²) < 4.78 is 5.48. The van der Waals surface area contributed by atoms with E-state index in [4.69, 9.17) is 10.5 Å². The zero-order valence-electron chi connectivity index (χ0n) is 13.1. The second kappa shape index (κ2) is 6.82. The first-order valence-corrected chi connectivity index (χ1v) is 7.74. The van der Waals surface area contributed by atoms with Crippen molar-refractivity contribution in [1.29, 1.82) is 0 Å². The number of benzene rings is 3. The number of methoxy groups -OCH3 is 1. The van der Waals surface area contributed by atoms with Gasteiger partial charge < -0.3 is 15.6 Å². The molecule has 3 heteroatoms. The Morgan fingerprint density at radius 1 is 0.957 bits per heavy atom. The molecule has 0 aliphatic carbocycles. The third kappa shape index (κ3) is 3.21. The van der Waals surface area contributed by atoms with Crippen LogP contribution in [-0.2, 0) is 6.42 Å². The fraction of sp³-hybridized carbons (Fsp3) is 0.200. The molecule has 3 aromatic carbocycles. The van der Waals surface area contributed by atoms with Gasteiger partial charge in [0.2, 0.25) is 0 Å². The summed E-state index contributed by atoms with van der Waals surface area (Å²) in [5.74, 6) is 0.711. The van der Waals surface area contributed by atoms with Crippen molar-refractivity contribution in [2.75, 3.05) is 7.11 Å². The van der Waals surface area contributed by atoms with Gasteiger partial charge in [0.15, 0.2) is 0 Å². The molecule has 0 bridgehead atoms. The molecule has 0 saturated carbocycles. The minimum atomic E-state index is -0.683. The maximum absolute atomic E-state index is 10.6. The molecule has 0 aliphatic heterocycles. The lowest BCUT2D eigenvalue weighted by Crippen LogP contribution is -2.28. The number of hydrogen-bond acceptors (Lipinski definition) is 3. The van der Waals surface area contributed by atoms with E-state index >= 15 is 0 Å². The van der Waals surface area contributed by atoms with E-state index < -0.39 is 12.1 Å². The summed E-state index contributed by atoms with van der Waals surface area (Å²) in [6, 6.07) is 21.3. The average Bonchev–Trinajstić information content (AvgIpc) is 2.61.